The number of anilines is 1. The topological polar surface area (TPSA) is 88.2 Å². The fourth-order valence-electron chi connectivity index (χ4n) is 3.37. The molecule has 0 saturated carbocycles. The third kappa shape index (κ3) is 4.55. The summed E-state index contributed by atoms with van der Waals surface area (Å²) in [5.41, 5.74) is 0.853. The van der Waals surface area contributed by atoms with Gasteiger partial charge in [0.25, 0.3) is 0 Å². The van der Waals surface area contributed by atoms with E-state index in [1.54, 1.807) is 11.0 Å². The summed E-state index contributed by atoms with van der Waals surface area (Å²) >= 11 is 3.37. The Balaban J connectivity index is 1.34. The molecule has 0 atom stereocenters. The first-order valence-corrected chi connectivity index (χ1v) is 11.8. The van der Waals surface area contributed by atoms with Crippen molar-refractivity contribution in [3.8, 4) is 11.5 Å². The van der Waals surface area contributed by atoms with E-state index in [2.05, 4.69) is 21.2 Å². The van der Waals surface area contributed by atoms with Crippen LogP contribution in [0.1, 0.15) is 0 Å². The molecule has 2 aromatic carbocycles. The van der Waals surface area contributed by atoms with Crippen molar-refractivity contribution in [1.82, 2.24) is 9.21 Å². The van der Waals surface area contributed by atoms with E-state index in [-0.39, 0.29) is 30.4 Å². The molecule has 8 nitrogen and oxygen atoms in total. The molecular weight excluding hydrogens is 474 g/mol. The zero-order valence-electron chi connectivity index (χ0n) is 16.2. The summed E-state index contributed by atoms with van der Waals surface area (Å²) in [6.45, 7) is 2.21. The zero-order valence-corrected chi connectivity index (χ0v) is 18.6. The number of amides is 1. The molecule has 10 heteroatoms. The predicted octanol–water partition coefficient (Wildman–Crippen LogP) is 2.17. The molecule has 1 saturated heterocycles. The highest BCUT2D eigenvalue weighted by molar-refractivity contribution is 9.10. The van der Waals surface area contributed by atoms with Gasteiger partial charge in [0.1, 0.15) is 13.2 Å². The SMILES string of the molecule is O=C(CNc1ccc(Br)cc1)N1CCN(S(=O)(=O)c2ccc3c(c2)OCCO3)CC1. The first-order valence-electron chi connectivity index (χ1n) is 9.60. The van der Waals surface area contributed by atoms with Gasteiger partial charge in [-0.15, -0.1) is 0 Å². The number of rotatable bonds is 5. The normalized spacial score (nSPS) is 16.9. The second-order valence-corrected chi connectivity index (χ2v) is 9.80. The Bertz CT molecular complexity index is 1020. The predicted molar refractivity (Wildman–Crippen MR) is 115 cm³/mol. The number of fused-ring (bicyclic) bond motifs is 1. The van der Waals surface area contributed by atoms with E-state index in [1.807, 2.05) is 24.3 Å². The van der Waals surface area contributed by atoms with Crippen molar-refractivity contribution in [2.45, 2.75) is 4.90 Å². The Kier molecular flexibility index (Phi) is 6.16. The molecule has 0 radical (unpaired) electrons. The van der Waals surface area contributed by atoms with Crippen LogP contribution >= 0.6 is 15.9 Å². The van der Waals surface area contributed by atoms with Crippen molar-refractivity contribution in [2.75, 3.05) is 51.3 Å². The summed E-state index contributed by atoms with van der Waals surface area (Å²) in [6.07, 6.45) is 0. The number of halogens is 1. The molecule has 30 heavy (non-hydrogen) atoms. The lowest BCUT2D eigenvalue weighted by Crippen LogP contribution is -2.51. The minimum atomic E-state index is -3.66. The monoisotopic (exact) mass is 495 g/mol. The van der Waals surface area contributed by atoms with E-state index in [1.165, 1.54) is 16.4 Å². The molecule has 4 rings (SSSR count). The average molecular weight is 496 g/mol. The number of hydrogen-bond acceptors (Lipinski definition) is 6. The highest BCUT2D eigenvalue weighted by atomic mass is 79.9. The van der Waals surface area contributed by atoms with E-state index in [4.69, 9.17) is 9.47 Å². The van der Waals surface area contributed by atoms with E-state index in [0.717, 1.165) is 10.2 Å². The quantitative estimate of drug-likeness (QED) is 0.683. The number of sulfonamides is 1. The molecule has 2 aliphatic rings. The fraction of sp³-hybridized carbons (Fsp3) is 0.350. The maximum absolute atomic E-state index is 13.0. The molecular formula is C20H22BrN3O5S. The number of carbonyl (C=O) groups excluding carboxylic acids is 1. The number of ether oxygens (including phenoxy) is 2. The van der Waals surface area contributed by atoms with Crippen molar-refractivity contribution in [3.05, 3.63) is 46.9 Å². The van der Waals surface area contributed by atoms with E-state index in [9.17, 15) is 13.2 Å². The van der Waals surface area contributed by atoms with Crippen LogP contribution in [0.4, 0.5) is 5.69 Å². The summed E-state index contributed by atoms with van der Waals surface area (Å²) < 4.78 is 39.3. The van der Waals surface area contributed by atoms with Crippen molar-refractivity contribution < 1.29 is 22.7 Å². The number of carbonyl (C=O) groups is 1. The van der Waals surface area contributed by atoms with Crippen LogP contribution in [0.15, 0.2) is 51.8 Å². The van der Waals surface area contributed by atoms with Gasteiger partial charge in [0.2, 0.25) is 15.9 Å². The Morgan fingerprint density at radius 1 is 0.967 bits per heavy atom. The summed E-state index contributed by atoms with van der Waals surface area (Å²) in [7, 11) is -3.66. The maximum Gasteiger partial charge on any atom is 0.243 e. The molecule has 0 aliphatic carbocycles. The van der Waals surface area contributed by atoms with Crippen LogP contribution < -0.4 is 14.8 Å². The van der Waals surface area contributed by atoms with E-state index >= 15 is 0 Å². The molecule has 0 unspecified atom stereocenters. The third-order valence-electron chi connectivity index (χ3n) is 5.03. The Morgan fingerprint density at radius 3 is 2.33 bits per heavy atom. The number of nitrogens with one attached hydrogen (secondary N) is 1. The second kappa shape index (κ2) is 8.83. The van der Waals surface area contributed by atoms with Gasteiger partial charge in [0.05, 0.1) is 11.4 Å². The minimum Gasteiger partial charge on any atom is -0.486 e. The number of hydrogen-bond donors (Lipinski definition) is 1. The van der Waals surface area contributed by atoms with Crippen LogP contribution in [0, 0.1) is 0 Å². The van der Waals surface area contributed by atoms with Gasteiger partial charge in [0, 0.05) is 42.4 Å². The average Bonchev–Trinajstić information content (AvgIpc) is 2.78. The van der Waals surface area contributed by atoms with Crippen molar-refractivity contribution in [2.24, 2.45) is 0 Å². The highest BCUT2D eigenvalue weighted by Gasteiger charge is 2.31. The second-order valence-electron chi connectivity index (χ2n) is 6.95. The number of nitrogens with zero attached hydrogens (tertiary/aromatic N) is 2. The van der Waals surface area contributed by atoms with Crippen molar-refractivity contribution in [3.63, 3.8) is 0 Å². The smallest absolute Gasteiger partial charge is 0.243 e. The van der Waals surface area contributed by atoms with E-state index in [0.29, 0.717) is 37.8 Å². The van der Waals surface area contributed by atoms with Gasteiger partial charge in [0.15, 0.2) is 11.5 Å². The van der Waals surface area contributed by atoms with Gasteiger partial charge >= 0.3 is 0 Å². The summed E-state index contributed by atoms with van der Waals surface area (Å²) in [6, 6.07) is 12.2. The van der Waals surface area contributed by atoms with Gasteiger partial charge in [-0.1, -0.05) is 15.9 Å². The van der Waals surface area contributed by atoms with Crippen molar-refractivity contribution in [1.29, 1.82) is 0 Å². The standard InChI is InChI=1S/C20H22BrN3O5S/c21-15-1-3-16(4-2-15)22-14-20(25)23-7-9-24(10-8-23)30(26,27)17-5-6-18-19(13-17)29-12-11-28-18/h1-6,13,22H,7-12,14H2. The highest BCUT2D eigenvalue weighted by Crippen LogP contribution is 2.33. The zero-order chi connectivity index (χ0) is 21.1. The van der Waals surface area contributed by atoms with Gasteiger partial charge in [-0.2, -0.15) is 4.31 Å². The van der Waals surface area contributed by atoms with Crippen LogP contribution in [-0.4, -0.2) is 69.5 Å². The lowest BCUT2D eigenvalue weighted by atomic mass is 10.3. The Hall–Kier alpha value is -2.30. The maximum atomic E-state index is 13.0. The Morgan fingerprint density at radius 2 is 1.63 bits per heavy atom. The molecule has 160 valence electrons. The van der Waals surface area contributed by atoms with Gasteiger partial charge in [-0.25, -0.2) is 8.42 Å². The molecule has 2 heterocycles. The van der Waals surface area contributed by atoms with Gasteiger partial charge in [-0.3, -0.25) is 4.79 Å². The summed E-state index contributed by atoms with van der Waals surface area (Å²) in [5.74, 6) is 0.929. The van der Waals surface area contributed by atoms with Gasteiger partial charge < -0.3 is 19.7 Å². The van der Waals surface area contributed by atoms with Crippen LogP contribution in [0.3, 0.4) is 0 Å². The lowest BCUT2D eigenvalue weighted by Gasteiger charge is -2.34. The molecule has 0 bridgehead atoms. The molecule has 1 fully saturated rings. The Labute approximate surface area is 183 Å². The van der Waals surface area contributed by atoms with Gasteiger partial charge in [-0.05, 0) is 36.4 Å². The fourth-order valence-corrected chi connectivity index (χ4v) is 5.07. The van der Waals surface area contributed by atoms with E-state index < -0.39 is 10.0 Å². The molecule has 2 aliphatic heterocycles. The molecule has 2 aromatic rings. The molecule has 0 spiro atoms. The van der Waals surface area contributed by atoms with Crippen LogP contribution in [0.25, 0.3) is 0 Å². The largest absolute Gasteiger partial charge is 0.486 e. The molecule has 0 aromatic heterocycles. The summed E-state index contributed by atoms with van der Waals surface area (Å²) in [5, 5.41) is 3.10. The summed E-state index contributed by atoms with van der Waals surface area (Å²) in [4.78, 5) is 14.3. The lowest BCUT2D eigenvalue weighted by molar-refractivity contribution is -0.130. The van der Waals surface area contributed by atoms with Crippen LogP contribution in [0.2, 0.25) is 0 Å². The van der Waals surface area contributed by atoms with Crippen molar-refractivity contribution >= 4 is 37.5 Å². The van der Waals surface area contributed by atoms with Crippen LogP contribution in [0.5, 0.6) is 11.5 Å². The number of piperazine rings is 1. The number of benzene rings is 2. The third-order valence-corrected chi connectivity index (χ3v) is 7.45. The molecule has 1 amide bonds. The molecule has 1 N–H and O–H groups in total. The van der Waals surface area contributed by atoms with Crippen LogP contribution in [-0.2, 0) is 14.8 Å². The minimum absolute atomic E-state index is 0.0608. The first-order chi connectivity index (χ1) is 14.4. The first kappa shape index (κ1) is 21.0.